The normalized spacial score (nSPS) is 28.0. The summed E-state index contributed by atoms with van der Waals surface area (Å²) < 4.78 is 19.6. The molecule has 4 N–H and O–H groups in total. The van der Waals surface area contributed by atoms with Crippen molar-refractivity contribution in [1.29, 1.82) is 5.41 Å². The summed E-state index contributed by atoms with van der Waals surface area (Å²) in [4.78, 5) is 18.8. The fourth-order valence-corrected chi connectivity index (χ4v) is 3.91. The molecule has 0 spiro atoms. The van der Waals surface area contributed by atoms with Crippen LogP contribution in [0.5, 0.6) is 5.75 Å². The number of aliphatic hydroxyl groups excluding tert-OH is 1. The van der Waals surface area contributed by atoms with E-state index in [1.807, 2.05) is 6.92 Å². The maximum atomic E-state index is 13.9. The van der Waals surface area contributed by atoms with E-state index in [1.165, 1.54) is 29.3 Å². The average Bonchev–Trinajstić information content (AvgIpc) is 3.28. The molecule has 3 heterocycles. The van der Waals surface area contributed by atoms with Gasteiger partial charge in [-0.05, 0) is 25.5 Å². The number of carbonyl (C=O) groups excluding carboxylic acids is 1. The van der Waals surface area contributed by atoms with Crippen LogP contribution in [-0.2, 0) is 0 Å². The van der Waals surface area contributed by atoms with Gasteiger partial charge in [0, 0.05) is 36.1 Å². The smallest absolute Gasteiger partial charge is 0.258 e. The average molecular weight is 448 g/mol. The Kier molecular flexibility index (Phi) is 6.08. The predicted molar refractivity (Wildman–Crippen MR) is 115 cm³/mol. The third kappa shape index (κ3) is 4.63. The molecule has 0 saturated carbocycles. The number of carbonyl (C=O) groups is 1. The third-order valence-electron chi connectivity index (χ3n) is 5.51. The number of likely N-dealkylation sites (tertiary alicyclic amines) is 1. The van der Waals surface area contributed by atoms with Gasteiger partial charge in [-0.1, -0.05) is 11.6 Å². The lowest BCUT2D eigenvalue weighted by atomic mass is 10.1. The minimum atomic E-state index is -0.513. The fraction of sp³-hybridized carbons (Fsp3) is 0.381. The molecule has 3 aliphatic rings. The maximum absolute atomic E-state index is 13.9. The van der Waals surface area contributed by atoms with Crippen LogP contribution in [0.4, 0.5) is 4.39 Å². The van der Waals surface area contributed by atoms with Crippen LogP contribution < -0.4 is 15.4 Å². The van der Waals surface area contributed by atoms with E-state index >= 15 is 0 Å². The molecule has 3 unspecified atom stereocenters. The zero-order chi connectivity index (χ0) is 22.1. The van der Waals surface area contributed by atoms with Crippen molar-refractivity contribution in [2.75, 3.05) is 19.7 Å². The van der Waals surface area contributed by atoms with Gasteiger partial charge >= 0.3 is 0 Å². The summed E-state index contributed by atoms with van der Waals surface area (Å²) in [7, 11) is 0. The van der Waals surface area contributed by atoms with Gasteiger partial charge in [0.15, 0.2) is 0 Å². The Morgan fingerprint density at radius 3 is 2.94 bits per heavy atom. The fourth-order valence-electron chi connectivity index (χ4n) is 3.81. The molecule has 3 atom stereocenters. The van der Waals surface area contributed by atoms with Crippen LogP contribution in [-0.4, -0.2) is 65.7 Å². The molecule has 3 aliphatic heterocycles. The van der Waals surface area contributed by atoms with Crippen LogP contribution in [0.3, 0.4) is 0 Å². The lowest BCUT2D eigenvalue weighted by Gasteiger charge is -2.19. The molecule has 31 heavy (non-hydrogen) atoms. The van der Waals surface area contributed by atoms with Crippen molar-refractivity contribution < 1.29 is 19.0 Å². The first-order valence-corrected chi connectivity index (χ1v) is 10.3. The van der Waals surface area contributed by atoms with Crippen molar-refractivity contribution in [3.8, 4) is 5.75 Å². The van der Waals surface area contributed by atoms with E-state index in [-0.39, 0.29) is 54.7 Å². The number of rotatable bonds is 4. The van der Waals surface area contributed by atoms with E-state index in [0.717, 1.165) is 0 Å². The third-order valence-corrected chi connectivity index (χ3v) is 5.72. The van der Waals surface area contributed by atoms with Crippen LogP contribution >= 0.6 is 11.6 Å². The topological polar surface area (TPSA) is 110 Å². The molecule has 8 nitrogen and oxygen atoms in total. The van der Waals surface area contributed by atoms with Crippen molar-refractivity contribution in [2.45, 2.75) is 31.5 Å². The molecular weight excluding hydrogens is 425 g/mol. The van der Waals surface area contributed by atoms with Crippen LogP contribution in [0.1, 0.15) is 23.7 Å². The second-order valence-electron chi connectivity index (χ2n) is 7.81. The number of amides is 1. The van der Waals surface area contributed by atoms with E-state index in [9.17, 15) is 14.3 Å². The highest BCUT2D eigenvalue weighted by Gasteiger charge is 2.32. The van der Waals surface area contributed by atoms with Crippen LogP contribution in [0, 0.1) is 11.2 Å². The molecule has 0 radical (unpaired) electrons. The lowest BCUT2D eigenvalue weighted by Crippen LogP contribution is -2.34. The summed E-state index contributed by atoms with van der Waals surface area (Å²) in [5, 5.41) is 24.7. The molecule has 0 bridgehead atoms. The molecule has 2 saturated heterocycles. The first kappa shape index (κ1) is 21.5. The van der Waals surface area contributed by atoms with E-state index in [0.29, 0.717) is 22.8 Å². The van der Waals surface area contributed by atoms with Gasteiger partial charge in [-0.3, -0.25) is 4.79 Å². The Hall–Kier alpha value is -2.75. The summed E-state index contributed by atoms with van der Waals surface area (Å²) in [6.45, 7) is 2.37. The zero-order valence-electron chi connectivity index (χ0n) is 16.9. The van der Waals surface area contributed by atoms with Crippen molar-refractivity contribution in [2.24, 2.45) is 4.99 Å². The Morgan fingerprint density at radius 1 is 1.45 bits per heavy atom. The van der Waals surface area contributed by atoms with Gasteiger partial charge in [-0.25, -0.2) is 9.38 Å². The Labute approximate surface area is 183 Å². The van der Waals surface area contributed by atoms with E-state index < -0.39 is 11.9 Å². The quantitative estimate of drug-likeness (QED) is 0.562. The molecule has 1 aromatic carbocycles. The highest BCUT2D eigenvalue weighted by atomic mass is 35.5. The van der Waals surface area contributed by atoms with E-state index in [1.54, 1.807) is 6.20 Å². The van der Waals surface area contributed by atoms with Gasteiger partial charge in [0.25, 0.3) is 5.91 Å². The van der Waals surface area contributed by atoms with Crippen molar-refractivity contribution in [1.82, 2.24) is 15.5 Å². The van der Waals surface area contributed by atoms with Crippen LogP contribution in [0.15, 0.2) is 45.8 Å². The first-order valence-electron chi connectivity index (χ1n) is 9.94. The van der Waals surface area contributed by atoms with Crippen LogP contribution in [0.2, 0.25) is 0 Å². The maximum Gasteiger partial charge on any atom is 0.258 e. The molecule has 0 aromatic heterocycles. The summed E-state index contributed by atoms with van der Waals surface area (Å²) in [6.07, 6.45) is 3.09. The Balaban J connectivity index is 1.49. The molecular formula is C21H23ClFN5O3. The molecule has 2 fully saturated rings. The number of aliphatic hydroxyl groups is 1. The first-order chi connectivity index (χ1) is 14.8. The van der Waals surface area contributed by atoms with Crippen molar-refractivity contribution >= 4 is 29.4 Å². The van der Waals surface area contributed by atoms with Gasteiger partial charge in [0.1, 0.15) is 24.0 Å². The molecule has 1 aromatic rings. The highest BCUT2D eigenvalue weighted by molar-refractivity contribution is 6.39. The largest absolute Gasteiger partial charge is 0.491 e. The molecule has 4 rings (SSSR count). The molecule has 164 valence electrons. The molecule has 1 amide bonds. The number of halogens is 2. The number of ether oxygens (including phenoxy) is 1. The second-order valence-corrected chi connectivity index (χ2v) is 8.24. The SMILES string of the molecule is CC1NC(COc2cc(F)ccc2C(=O)N2CC(=N)/C(=C3/N=CC(Cl)=CN3)C2)CC1O. The number of benzene rings is 1. The van der Waals surface area contributed by atoms with Crippen molar-refractivity contribution in [3.05, 3.63) is 52.2 Å². The molecule has 10 heteroatoms. The number of aliphatic imine (C=N–C) groups is 1. The summed E-state index contributed by atoms with van der Waals surface area (Å²) in [6, 6.07) is 3.64. The summed E-state index contributed by atoms with van der Waals surface area (Å²) in [5.74, 6) is -0.269. The number of hydrogen-bond acceptors (Lipinski definition) is 7. The monoisotopic (exact) mass is 447 g/mol. The number of hydrogen-bond donors (Lipinski definition) is 4. The summed E-state index contributed by atoms with van der Waals surface area (Å²) >= 11 is 5.85. The Bertz CT molecular complexity index is 999. The Morgan fingerprint density at radius 2 is 2.26 bits per heavy atom. The second kappa shape index (κ2) is 8.78. The minimum absolute atomic E-state index is 0.0509. The number of nitrogens with one attached hydrogen (secondary N) is 3. The van der Waals surface area contributed by atoms with Gasteiger partial charge in [0.05, 0.1) is 35.5 Å². The lowest BCUT2D eigenvalue weighted by molar-refractivity contribution is 0.0798. The zero-order valence-corrected chi connectivity index (χ0v) is 17.6. The van der Waals surface area contributed by atoms with Gasteiger partial charge in [0.2, 0.25) is 0 Å². The van der Waals surface area contributed by atoms with E-state index in [2.05, 4.69) is 15.6 Å². The van der Waals surface area contributed by atoms with Gasteiger partial charge < -0.3 is 30.8 Å². The van der Waals surface area contributed by atoms with E-state index in [4.69, 9.17) is 21.7 Å². The summed E-state index contributed by atoms with van der Waals surface area (Å²) in [5.41, 5.74) is 1.07. The van der Waals surface area contributed by atoms with Crippen molar-refractivity contribution in [3.63, 3.8) is 0 Å². The predicted octanol–water partition coefficient (Wildman–Crippen LogP) is 1.76. The highest BCUT2D eigenvalue weighted by Crippen LogP contribution is 2.26. The van der Waals surface area contributed by atoms with Gasteiger partial charge in [-0.2, -0.15) is 0 Å². The number of nitrogens with zero attached hydrogens (tertiary/aromatic N) is 2. The van der Waals surface area contributed by atoms with Crippen LogP contribution in [0.25, 0.3) is 0 Å². The molecule has 0 aliphatic carbocycles. The van der Waals surface area contributed by atoms with Gasteiger partial charge in [-0.15, -0.1) is 0 Å². The minimum Gasteiger partial charge on any atom is -0.491 e. The standard InChI is InChI=1S/C21H23ClFN5O3/c1-11-18(29)5-14(27-11)10-31-19-4-13(23)2-3-15(19)21(30)28-8-16(17(24)9-28)20-25-6-12(22)7-26-20/h2-4,6-7,11,14,18,24-25,27,29H,5,8-10H2,1H3/b20-16+,24-17?. The number of allylic oxidation sites excluding steroid dienone is 1.